The summed E-state index contributed by atoms with van der Waals surface area (Å²) in [6.07, 6.45) is 0.706. The second kappa shape index (κ2) is 5.67. The third-order valence-electron chi connectivity index (χ3n) is 3.83. The second-order valence-corrected chi connectivity index (χ2v) is 5.38. The molecule has 1 aromatic heterocycles. The lowest BCUT2D eigenvalue weighted by Gasteiger charge is -2.26. The summed E-state index contributed by atoms with van der Waals surface area (Å²) in [5.74, 6) is 0.899. The van der Waals surface area contributed by atoms with Gasteiger partial charge in [0.15, 0.2) is 0 Å². The lowest BCUT2D eigenvalue weighted by atomic mass is 9.99. The summed E-state index contributed by atoms with van der Waals surface area (Å²) in [4.78, 5) is 23.9. The number of carbonyl (C=O) groups is 1. The Bertz CT molecular complexity index is 752. The van der Waals surface area contributed by atoms with Crippen LogP contribution in [0.2, 0.25) is 0 Å². The zero-order chi connectivity index (χ0) is 15.7. The first-order valence-corrected chi connectivity index (χ1v) is 7.20. The molecule has 1 aromatic carbocycles. The van der Waals surface area contributed by atoms with E-state index in [1.165, 1.54) is 6.07 Å². The molecule has 0 radical (unpaired) electrons. The summed E-state index contributed by atoms with van der Waals surface area (Å²) >= 11 is 0. The highest BCUT2D eigenvalue weighted by Crippen LogP contribution is 2.31. The van der Waals surface area contributed by atoms with Crippen molar-refractivity contribution in [2.24, 2.45) is 0 Å². The minimum Gasteiger partial charge on any atom is -0.493 e. The summed E-state index contributed by atoms with van der Waals surface area (Å²) < 4.78 is 10.6. The lowest BCUT2D eigenvalue weighted by molar-refractivity contribution is 0.0920. The van der Waals surface area contributed by atoms with Crippen molar-refractivity contribution >= 4 is 5.91 Å². The number of carbonyl (C=O) groups excluding carboxylic acids is 1. The van der Waals surface area contributed by atoms with Crippen LogP contribution in [0.15, 0.2) is 39.5 Å². The monoisotopic (exact) mass is 299 g/mol. The predicted octanol–water partition coefficient (Wildman–Crippen LogP) is 2.51. The third-order valence-corrected chi connectivity index (χ3v) is 3.83. The van der Waals surface area contributed by atoms with Gasteiger partial charge in [-0.05, 0) is 25.5 Å². The van der Waals surface area contributed by atoms with E-state index in [0.717, 1.165) is 11.3 Å². The van der Waals surface area contributed by atoms with E-state index in [9.17, 15) is 9.59 Å². The van der Waals surface area contributed by atoms with E-state index in [-0.39, 0.29) is 11.9 Å². The Morgan fingerprint density at radius 2 is 2.05 bits per heavy atom. The quantitative estimate of drug-likeness (QED) is 0.925. The van der Waals surface area contributed by atoms with E-state index < -0.39 is 5.63 Å². The highest BCUT2D eigenvalue weighted by molar-refractivity contribution is 5.96. The van der Waals surface area contributed by atoms with Gasteiger partial charge < -0.3 is 14.5 Å². The molecule has 0 fully saturated rings. The molecular weight excluding hydrogens is 282 g/mol. The Morgan fingerprint density at radius 1 is 1.27 bits per heavy atom. The summed E-state index contributed by atoms with van der Waals surface area (Å²) in [7, 11) is 0. The minimum atomic E-state index is -0.442. The van der Waals surface area contributed by atoms with E-state index in [2.05, 4.69) is 5.32 Å². The molecule has 0 spiro atoms. The van der Waals surface area contributed by atoms with Crippen molar-refractivity contribution in [2.75, 3.05) is 6.61 Å². The fourth-order valence-electron chi connectivity index (χ4n) is 2.82. The molecule has 1 atom stereocenters. The Kier molecular flexibility index (Phi) is 3.71. The first-order valence-electron chi connectivity index (χ1n) is 7.20. The molecule has 0 saturated carbocycles. The van der Waals surface area contributed by atoms with Crippen LogP contribution in [0, 0.1) is 13.8 Å². The maximum Gasteiger partial charge on any atom is 0.336 e. The van der Waals surface area contributed by atoms with Crippen LogP contribution in [0.3, 0.4) is 0 Å². The molecule has 1 aliphatic heterocycles. The molecule has 0 aliphatic carbocycles. The van der Waals surface area contributed by atoms with E-state index >= 15 is 0 Å². The number of hydrogen-bond donors (Lipinski definition) is 1. The second-order valence-electron chi connectivity index (χ2n) is 5.38. The summed E-state index contributed by atoms with van der Waals surface area (Å²) in [6.45, 7) is 3.92. The first-order chi connectivity index (χ1) is 10.6. The molecule has 1 N–H and O–H groups in total. The Balaban J connectivity index is 1.89. The van der Waals surface area contributed by atoms with E-state index in [1.807, 2.05) is 24.3 Å². The topological polar surface area (TPSA) is 68.5 Å². The van der Waals surface area contributed by atoms with Gasteiger partial charge in [0.1, 0.15) is 11.5 Å². The maximum absolute atomic E-state index is 12.6. The zero-order valence-corrected chi connectivity index (χ0v) is 12.5. The molecule has 22 heavy (non-hydrogen) atoms. The number of para-hydroxylation sites is 1. The molecule has 1 amide bonds. The zero-order valence-electron chi connectivity index (χ0n) is 12.5. The average molecular weight is 299 g/mol. The van der Waals surface area contributed by atoms with Crippen LogP contribution in [0.5, 0.6) is 5.75 Å². The molecule has 5 nitrogen and oxygen atoms in total. The lowest BCUT2D eigenvalue weighted by Crippen LogP contribution is -2.33. The van der Waals surface area contributed by atoms with Gasteiger partial charge in [0, 0.05) is 18.1 Å². The van der Waals surface area contributed by atoms with Crippen LogP contribution in [0.1, 0.15) is 39.7 Å². The minimum absolute atomic E-state index is 0.108. The van der Waals surface area contributed by atoms with Crippen LogP contribution in [-0.4, -0.2) is 12.5 Å². The molecule has 1 aliphatic rings. The summed E-state index contributed by atoms with van der Waals surface area (Å²) in [6, 6.07) is 8.90. The normalized spacial score (nSPS) is 16.5. The third kappa shape index (κ3) is 2.62. The van der Waals surface area contributed by atoms with Gasteiger partial charge in [0.25, 0.3) is 5.91 Å². The van der Waals surface area contributed by atoms with Crippen molar-refractivity contribution in [1.82, 2.24) is 5.32 Å². The number of amides is 1. The van der Waals surface area contributed by atoms with Crippen molar-refractivity contribution in [3.63, 3.8) is 0 Å². The van der Waals surface area contributed by atoms with Crippen molar-refractivity contribution in [3.05, 3.63) is 63.2 Å². The van der Waals surface area contributed by atoms with Crippen molar-refractivity contribution in [2.45, 2.75) is 26.3 Å². The van der Waals surface area contributed by atoms with Crippen molar-refractivity contribution < 1.29 is 13.9 Å². The van der Waals surface area contributed by atoms with Gasteiger partial charge in [-0.3, -0.25) is 4.79 Å². The number of aryl methyl sites for hydroxylation is 2. The van der Waals surface area contributed by atoms with Crippen molar-refractivity contribution in [1.29, 1.82) is 0 Å². The van der Waals surface area contributed by atoms with Gasteiger partial charge in [-0.15, -0.1) is 0 Å². The first kappa shape index (κ1) is 14.4. The van der Waals surface area contributed by atoms with E-state index in [0.29, 0.717) is 29.9 Å². The highest BCUT2D eigenvalue weighted by Gasteiger charge is 2.24. The highest BCUT2D eigenvalue weighted by atomic mass is 16.5. The molecule has 2 aromatic rings. The molecular formula is C17H17NO4. The summed E-state index contributed by atoms with van der Waals surface area (Å²) in [5, 5.41) is 3.01. The molecule has 0 bridgehead atoms. The number of fused-ring (bicyclic) bond motifs is 1. The van der Waals surface area contributed by atoms with Crippen LogP contribution >= 0.6 is 0 Å². The predicted molar refractivity (Wildman–Crippen MR) is 81.2 cm³/mol. The fraction of sp³-hybridized carbons (Fsp3) is 0.294. The van der Waals surface area contributed by atoms with E-state index in [1.54, 1.807) is 13.8 Å². The molecule has 5 heteroatoms. The van der Waals surface area contributed by atoms with Gasteiger partial charge in [-0.1, -0.05) is 18.2 Å². The Hall–Kier alpha value is -2.56. The summed E-state index contributed by atoms with van der Waals surface area (Å²) in [5.41, 5.74) is 1.56. The SMILES string of the molecule is Cc1cc(=O)oc(C)c1C(=O)N[C@@H]1CCOc2ccccc21. The van der Waals surface area contributed by atoms with Crippen LogP contribution in [0.25, 0.3) is 0 Å². The number of ether oxygens (including phenoxy) is 1. The van der Waals surface area contributed by atoms with E-state index in [4.69, 9.17) is 9.15 Å². The Labute approximate surface area is 127 Å². The van der Waals surface area contributed by atoms with Gasteiger partial charge >= 0.3 is 5.63 Å². The number of nitrogens with one attached hydrogen (secondary N) is 1. The molecule has 2 heterocycles. The average Bonchev–Trinajstić information content (AvgIpc) is 2.46. The maximum atomic E-state index is 12.6. The smallest absolute Gasteiger partial charge is 0.336 e. The Morgan fingerprint density at radius 3 is 2.82 bits per heavy atom. The van der Waals surface area contributed by atoms with Crippen molar-refractivity contribution in [3.8, 4) is 5.75 Å². The van der Waals surface area contributed by atoms with Gasteiger partial charge in [0.2, 0.25) is 0 Å². The molecule has 114 valence electrons. The largest absolute Gasteiger partial charge is 0.493 e. The molecule has 0 unspecified atom stereocenters. The van der Waals surface area contributed by atoms with Crippen LogP contribution in [-0.2, 0) is 0 Å². The van der Waals surface area contributed by atoms with Gasteiger partial charge in [-0.2, -0.15) is 0 Å². The number of benzene rings is 1. The van der Waals surface area contributed by atoms with Gasteiger partial charge in [0.05, 0.1) is 18.2 Å². The molecule has 0 saturated heterocycles. The number of rotatable bonds is 2. The van der Waals surface area contributed by atoms with Crippen LogP contribution < -0.4 is 15.7 Å². The standard InChI is InChI=1S/C17H17NO4/c1-10-9-15(19)22-11(2)16(10)17(20)18-13-7-8-21-14-6-4-3-5-12(13)14/h3-6,9,13H,7-8H2,1-2H3,(H,18,20)/t13-/m1/s1. The molecule has 3 rings (SSSR count). The number of hydrogen-bond acceptors (Lipinski definition) is 4. The van der Waals surface area contributed by atoms with Gasteiger partial charge in [-0.25, -0.2) is 4.79 Å². The van der Waals surface area contributed by atoms with Crippen LogP contribution in [0.4, 0.5) is 0 Å². The fourth-order valence-corrected chi connectivity index (χ4v) is 2.82.